The summed E-state index contributed by atoms with van der Waals surface area (Å²) in [4.78, 5) is 17.7. The molecule has 0 N–H and O–H groups in total. The van der Waals surface area contributed by atoms with Crippen molar-refractivity contribution in [3.63, 3.8) is 0 Å². The van der Waals surface area contributed by atoms with Gasteiger partial charge < -0.3 is 9.47 Å². The zero-order valence-electron chi connectivity index (χ0n) is 16.7. The SMILES string of the molecule is Cc1cc(/C=C/C(=O)N(C)Cc2nccn2C(F)F)c(C)n1C1CCCCC1. The van der Waals surface area contributed by atoms with Gasteiger partial charge in [0, 0.05) is 42.9 Å². The van der Waals surface area contributed by atoms with Gasteiger partial charge in [0.2, 0.25) is 5.91 Å². The molecule has 0 aliphatic heterocycles. The molecule has 3 rings (SSSR count). The third-order valence-electron chi connectivity index (χ3n) is 5.58. The minimum atomic E-state index is -2.67. The van der Waals surface area contributed by atoms with Crippen molar-refractivity contribution in [1.82, 2.24) is 19.0 Å². The van der Waals surface area contributed by atoms with Crippen LogP contribution in [0.5, 0.6) is 0 Å². The lowest BCUT2D eigenvalue weighted by Gasteiger charge is -2.26. The molecule has 0 saturated heterocycles. The van der Waals surface area contributed by atoms with Crippen LogP contribution in [-0.2, 0) is 11.3 Å². The van der Waals surface area contributed by atoms with Crippen LogP contribution in [-0.4, -0.2) is 32.0 Å². The highest BCUT2D eigenvalue weighted by Crippen LogP contribution is 2.32. The highest BCUT2D eigenvalue weighted by Gasteiger charge is 2.20. The van der Waals surface area contributed by atoms with Crippen molar-refractivity contribution in [2.24, 2.45) is 0 Å². The summed E-state index contributed by atoms with van der Waals surface area (Å²) in [5, 5.41) is 0. The van der Waals surface area contributed by atoms with Gasteiger partial charge in [-0.25, -0.2) is 4.98 Å². The molecular formula is C21H28F2N4O. The summed E-state index contributed by atoms with van der Waals surface area (Å²) in [5.41, 5.74) is 3.41. The first-order valence-corrected chi connectivity index (χ1v) is 9.80. The maximum absolute atomic E-state index is 12.9. The number of carbonyl (C=O) groups excluding carboxylic acids is 1. The maximum Gasteiger partial charge on any atom is 0.319 e. The van der Waals surface area contributed by atoms with Gasteiger partial charge in [-0.05, 0) is 44.4 Å². The van der Waals surface area contributed by atoms with Crippen molar-refractivity contribution in [2.75, 3.05) is 7.05 Å². The molecule has 0 unspecified atom stereocenters. The van der Waals surface area contributed by atoms with E-state index in [0.29, 0.717) is 6.04 Å². The predicted molar refractivity (Wildman–Crippen MR) is 105 cm³/mol. The number of aromatic nitrogens is 3. The first-order valence-electron chi connectivity index (χ1n) is 9.80. The van der Waals surface area contributed by atoms with Crippen LogP contribution in [0.3, 0.4) is 0 Å². The highest BCUT2D eigenvalue weighted by molar-refractivity contribution is 5.91. The summed E-state index contributed by atoms with van der Waals surface area (Å²) in [6, 6.07) is 2.65. The van der Waals surface area contributed by atoms with Crippen LogP contribution in [0.1, 0.15) is 67.5 Å². The number of hydrogen-bond donors (Lipinski definition) is 0. The molecule has 1 amide bonds. The first kappa shape index (κ1) is 20.3. The zero-order valence-corrected chi connectivity index (χ0v) is 16.7. The van der Waals surface area contributed by atoms with Gasteiger partial charge in [-0.2, -0.15) is 8.78 Å². The van der Waals surface area contributed by atoms with Crippen molar-refractivity contribution in [2.45, 2.75) is 65.1 Å². The number of aryl methyl sites for hydroxylation is 1. The Balaban J connectivity index is 1.69. The summed E-state index contributed by atoms with van der Waals surface area (Å²) >= 11 is 0. The van der Waals surface area contributed by atoms with Gasteiger partial charge in [-0.3, -0.25) is 9.36 Å². The summed E-state index contributed by atoms with van der Waals surface area (Å²) in [5.74, 6) is -0.0824. The molecule has 1 aliphatic rings. The third kappa shape index (κ3) is 4.34. The molecule has 5 nitrogen and oxygen atoms in total. The third-order valence-corrected chi connectivity index (χ3v) is 5.58. The van der Waals surface area contributed by atoms with Gasteiger partial charge in [-0.1, -0.05) is 19.3 Å². The van der Waals surface area contributed by atoms with E-state index in [1.807, 2.05) is 6.08 Å². The number of halogens is 2. The average Bonchev–Trinajstić information content (AvgIpc) is 3.24. The molecular weight excluding hydrogens is 362 g/mol. The Hall–Kier alpha value is -2.44. The number of nitrogens with zero attached hydrogens (tertiary/aromatic N) is 4. The van der Waals surface area contributed by atoms with E-state index in [2.05, 4.69) is 29.5 Å². The van der Waals surface area contributed by atoms with Crippen LogP contribution in [0.4, 0.5) is 8.78 Å². The quantitative estimate of drug-likeness (QED) is 0.660. The summed E-state index contributed by atoms with van der Waals surface area (Å²) < 4.78 is 29.0. The van der Waals surface area contributed by atoms with Crippen molar-refractivity contribution in [3.05, 3.63) is 47.3 Å². The molecule has 0 bridgehead atoms. The number of hydrogen-bond acceptors (Lipinski definition) is 2. The standard InChI is InChI=1S/C21H28F2N4O/c1-15-13-17(16(2)27(15)18-7-5-4-6-8-18)9-10-20(28)25(3)14-19-24-11-12-26(19)21(22)23/h9-13,18,21H,4-8,14H2,1-3H3/b10-9+. The van der Waals surface area contributed by atoms with Crippen LogP contribution in [0.25, 0.3) is 6.08 Å². The largest absolute Gasteiger partial charge is 0.346 e. The Morgan fingerprint density at radius 3 is 2.71 bits per heavy atom. The van der Waals surface area contributed by atoms with Crippen LogP contribution in [0, 0.1) is 13.8 Å². The lowest BCUT2D eigenvalue weighted by molar-refractivity contribution is -0.125. The maximum atomic E-state index is 12.9. The second-order valence-corrected chi connectivity index (χ2v) is 7.54. The van der Waals surface area contributed by atoms with Gasteiger partial charge in [0.1, 0.15) is 5.82 Å². The van der Waals surface area contributed by atoms with Gasteiger partial charge in [0.15, 0.2) is 0 Å². The second kappa shape index (κ2) is 8.71. The number of amides is 1. The Kier molecular flexibility index (Phi) is 6.31. The number of likely N-dealkylation sites (N-methyl/N-ethyl adjacent to an activating group) is 1. The van der Waals surface area contributed by atoms with Crippen molar-refractivity contribution in [1.29, 1.82) is 0 Å². The Bertz CT molecular complexity index is 847. The van der Waals surface area contributed by atoms with Gasteiger partial charge >= 0.3 is 6.55 Å². The lowest BCUT2D eigenvalue weighted by Crippen LogP contribution is -2.26. The normalized spacial score (nSPS) is 15.6. The van der Waals surface area contributed by atoms with Crippen molar-refractivity contribution < 1.29 is 13.6 Å². The van der Waals surface area contributed by atoms with E-state index in [9.17, 15) is 13.6 Å². The van der Waals surface area contributed by atoms with E-state index in [0.717, 1.165) is 10.1 Å². The summed E-state index contributed by atoms with van der Waals surface area (Å²) in [6.07, 6.45) is 12.1. The van der Waals surface area contributed by atoms with E-state index in [-0.39, 0.29) is 18.3 Å². The smallest absolute Gasteiger partial charge is 0.319 e. The fraction of sp³-hybridized carbons (Fsp3) is 0.524. The number of carbonyl (C=O) groups is 1. The number of rotatable bonds is 6. The average molecular weight is 390 g/mol. The van der Waals surface area contributed by atoms with E-state index in [1.54, 1.807) is 7.05 Å². The fourth-order valence-corrected chi connectivity index (χ4v) is 4.09. The lowest BCUT2D eigenvalue weighted by atomic mass is 9.95. The Morgan fingerprint density at radius 1 is 1.32 bits per heavy atom. The molecule has 2 aromatic rings. The van der Waals surface area contributed by atoms with E-state index < -0.39 is 6.55 Å². The van der Waals surface area contributed by atoms with Gasteiger partial charge in [0.25, 0.3) is 0 Å². The first-order chi connectivity index (χ1) is 13.4. The highest BCUT2D eigenvalue weighted by atomic mass is 19.3. The molecule has 1 aliphatic carbocycles. The molecule has 7 heteroatoms. The van der Waals surface area contributed by atoms with Gasteiger partial charge in [-0.15, -0.1) is 0 Å². The summed E-state index contributed by atoms with van der Waals surface area (Å²) in [7, 11) is 1.59. The number of alkyl halides is 2. The molecule has 2 heterocycles. The van der Waals surface area contributed by atoms with Crippen LogP contribution in [0.15, 0.2) is 24.5 Å². The van der Waals surface area contributed by atoms with Crippen LogP contribution in [0.2, 0.25) is 0 Å². The molecule has 0 aromatic carbocycles. The summed E-state index contributed by atoms with van der Waals surface area (Å²) in [6.45, 7) is 1.56. The van der Waals surface area contributed by atoms with E-state index in [1.165, 1.54) is 66.9 Å². The fourth-order valence-electron chi connectivity index (χ4n) is 4.09. The van der Waals surface area contributed by atoms with Crippen LogP contribution >= 0.6 is 0 Å². The minimum Gasteiger partial charge on any atom is -0.346 e. The molecule has 0 radical (unpaired) electrons. The van der Waals surface area contributed by atoms with Crippen LogP contribution < -0.4 is 0 Å². The second-order valence-electron chi connectivity index (χ2n) is 7.54. The molecule has 0 atom stereocenters. The Morgan fingerprint density at radius 2 is 2.04 bits per heavy atom. The zero-order chi connectivity index (χ0) is 20.3. The molecule has 2 aromatic heterocycles. The monoisotopic (exact) mass is 390 g/mol. The van der Waals surface area contributed by atoms with E-state index in [4.69, 9.17) is 0 Å². The predicted octanol–water partition coefficient (Wildman–Crippen LogP) is 4.87. The molecule has 1 fully saturated rings. The minimum absolute atomic E-state index is 0.0294. The molecule has 28 heavy (non-hydrogen) atoms. The van der Waals surface area contributed by atoms with E-state index >= 15 is 0 Å². The van der Waals surface area contributed by atoms with Crippen molar-refractivity contribution in [3.8, 4) is 0 Å². The Labute approximate surface area is 164 Å². The molecule has 0 spiro atoms. The van der Waals surface area contributed by atoms with Gasteiger partial charge in [0.05, 0.1) is 6.54 Å². The topological polar surface area (TPSA) is 43.1 Å². The molecule has 1 saturated carbocycles. The number of imidazole rings is 1. The molecule has 152 valence electrons. The van der Waals surface area contributed by atoms with Crippen molar-refractivity contribution >= 4 is 12.0 Å².